The highest BCUT2D eigenvalue weighted by atomic mass is 16.8. The molecule has 146 valence electrons. The Morgan fingerprint density at radius 3 is 2.50 bits per heavy atom. The second-order valence-electron chi connectivity index (χ2n) is 7.72. The molecule has 1 aromatic rings. The molecule has 0 N–H and O–H groups in total. The molecule has 1 aromatic carbocycles. The van der Waals surface area contributed by atoms with E-state index in [9.17, 15) is 0 Å². The first-order valence-corrected chi connectivity index (χ1v) is 9.11. The van der Waals surface area contributed by atoms with Crippen molar-refractivity contribution < 1.29 is 28.4 Å². The molecule has 4 atom stereocenters. The second-order valence-corrected chi connectivity index (χ2v) is 7.72. The molecule has 2 saturated heterocycles. The first-order chi connectivity index (χ1) is 12.3. The Morgan fingerprint density at radius 1 is 1.08 bits per heavy atom. The highest BCUT2D eigenvalue weighted by Gasteiger charge is 2.54. The van der Waals surface area contributed by atoms with E-state index in [-0.39, 0.29) is 18.1 Å². The maximum atomic E-state index is 6.07. The largest absolute Gasteiger partial charge is 0.376 e. The molecule has 2 aliphatic heterocycles. The zero-order chi connectivity index (χ0) is 18.8. The summed E-state index contributed by atoms with van der Waals surface area (Å²) in [6, 6.07) is 10.1. The third kappa shape index (κ3) is 4.82. The Kier molecular flexibility index (Phi) is 6.01. The van der Waals surface area contributed by atoms with Gasteiger partial charge in [-0.1, -0.05) is 30.3 Å². The van der Waals surface area contributed by atoms with E-state index in [1.54, 1.807) is 7.11 Å². The summed E-state index contributed by atoms with van der Waals surface area (Å²) in [5, 5.41) is 0. The Balaban J connectivity index is 1.60. The van der Waals surface area contributed by atoms with Gasteiger partial charge in [-0.15, -0.1) is 0 Å². The number of hydrogen-bond acceptors (Lipinski definition) is 6. The summed E-state index contributed by atoms with van der Waals surface area (Å²) in [7, 11) is 1.62. The predicted molar refractivity (Wildman–Crippen MR) is 95.3 cm³/mol. The van der Waals surface area contributed by atoms with Crippen molar-refractivity contribution in [1.82, 2.24) is 0 Å². The molecule has 6 heteroatoms. The fourth-order valence-corrected chi connectivity index (χ4v) is 3.23. The Morgan fingerprint density at radius 2 is 1.81 bits per heavy atom. The minimum Gasteiger partial charge on any atom is -0.376 e. The monoisotopic (exact) mass is 366 g/mol. The van der Waals surface area contributed by atoms with Crippen LogP contribution in [0.1, 0.15) is 33.3 Å². The van der Waals surface area contributed by atoms with Gasteiger partial charge >= 0.3 is 0 Å². The van der Waals surface area contributed by atoms with Gasteiger partial charge in [0.25, 0.3) is 0 Å². The van der Waals surface area contributed by atoms with Gasteiger partial charge in [0.15, 0.2) is 17.9 Å². The van der Waals surface area contributed by atoms with E-state index in [2.05, 4.69) is 0 Å². The molecular weight excluding hydrogens is 336 g/mol. The normalized spacial score (nSPS) is 30.5. The van der Waals surface area contributed by atoms with E-state index in [0.717, 1.165) is 5.56 Å². The highest BCUT2D eigenvalue weighted by Crippen LogP contribution is 2.41. The molecule has 2 heterocycles. The van der Waals surface area contributed by atoms with Crippen LogP contribution in [-0.4, -0.2) is 50.4 Å². The van der Waals surface area contributed by atoms with Crippen LogP contribution in [0, 0.1) is 5.92 Å². The fraction of sp³-hybridized carbons (Fsp3) is 0.700. The third-order valence-corrected chi connectivity index (χ3v) is 4.81. The fourth-order valence-electron chi connectivity index (χ4n) is 3.23. The van der Waals surface area contributed by atoms with Crippen molar-refractivity contribution in [3.63, 3.8) is 0 Å². The lowest BCUT2D eigenvalue weighted by Crippen LogP contribution is -2.38. The van der Waals surface area contributed by atoms with E-state index in [4.69, 9.17) is 28.4 Å². The van der Waals surface area contributed by atoms with Gasteiger partial charge in [-0.05, 0) is 33.3 Å². The van der Waals surface area contributed by atoms with Crippen LogP contribution >= 0.6 is 0 Å². The minimum absolute atomic E-state index is 0.0261. The van der Waals surface area contributed by atoms with Crippen LogP contribution in [-0.2, 0) is 35.0 Å². The first kappa shape index (κ1) is 19.7. The molecule has 6 nitrogen and oxygen atoms in total. The molecule has 0 bridgehead atoms. The average molecular weight is 366 g/mol. The predicted octanol–water partition coefficient (Wildman–Crippen LogP) is 3.09. The van der Waals surface area contributed by atoms with E-state index in [1.165, 1.54) is 0 Å². The minimum atomic E-state index is -0.669. The third-order valence-electron chi connectivity index (χ3n) is 4.81. The van der Waals surface area contributed by atoms with Crippen LogP contribution < -0.4 is 0 Å². The molecule has 0 radical (unpaired) electrons. The first-order valence-electron chi connectivity index (χ1n) is 9.11. The van der Waals surface area contributed by atoms with Crippen molar-refractivity contribution in [3.05, 3.63) is 35.9 Å². The second kappa shape index (κ2) is 7.92. The van der Waals surface area contributed by atoms with E-state index >= 15 is 0 Å². The standard InChI is InChI=1S/C20H30O6/c1-19(2,21-5)23-13-16-15(12-22-11-14-9-7-6-8-10-14)17-18(24-16)26-20(3,4)25-17/h6-10,15-18H,11-13H2,1-5H3/t15-,16+,17-,18-/m1/s1. The van der Waals surface area contributed by atoms with Gasteiger partial charge < -0.3 is 28.4 Å². The summed E-state index contributed by atoms with van der Waals surface area (Å²) >= 11 is 0. The lowest BCUT2D eigenvalue weighted by molar-refractivity contribution is -0.244. The van der Waals surface area contributed by atoms with Gasteiger partial charge in [-0.2, -0.15) is 0 Å². The van der Waals surface area contributed by atoms with Crippen molar-refractivity contribution in [1.29, 1.82) is 0 Å². The number of benzene rings is 1. The molecule has 2 aliphatic rings. The summed E-state index contributed by atoms with van der Waals surface area (Å²) < 4.78 is 35.2. The molecule has 0 saturated carbocycles. The zero-order valence-corrected chi connectivity index (χ0v) is 16.3. The maximum Gasteiger partial charge on any atom is 0.188 e. The molecule has 2 fully saturated rings. The molecular formula is C20H30O6. The number of fused-ring (bicyclic) bond motifs is 1. The Hall–Kier alpha value is -1.02. The molecule has 0 unspecified atom stereocenters. The molecule has 0 amide bonds. The number of methoxy groups -OCH3 is 1. The molecule has 3 rings (SSSR count). The molecule has 0 spiro atoms. The Labute approximate surface area is 155 Å². The number of rotatable bonds is 8. The maximum absolute atomic E-state index is 6.07. The zero-order valence-electron chi connectivity index (χ0n) is 16.3. The van der Waals surface area contributed by atoms with E-state index in [1.807, 2.05) is 58.0 Å². The lowest BCUT2D eigenvalue weighted by atomic mass is 10.00. The van der Waals surface area contributed by atoms with Crippen LogP contribution in [0.15, 0.2) is 30.3 Å². The summed E-state index contributed by atoms with van der Waals surface area (Å²) in [6.45, 7) is 9.00. The summed E-state index contributed by atoms with van der Waals surface area (Å²) in [5.41, 5.74) is 1.14. The molecule has 0 aliphatic carbocycles. The van der Waals surface area contributed by atoms with Crippen molar-refractivity contribution in [2.45, 2.75) is 64.4 Å². The van der Waals surface area contributed by atoms with Crippen LogP contribution in [0.3, 0.4) is 0 Å². The van der Waals surface area contributed by atoms with Crippen molar-refractivity contribution >= 4 is 0 Å². The van der Waals surface area contributed by atoms with E-state index < -0.39 is 17.9 Å². The SMILES string of the molecule is COC(C)(C)OC[C@@H]1O[C@@H]2OC(C)(C)O[C@@H]2[C@@H]1COCc1ccccc1. The van der Waals surface area contributed by atoms with Crippen LogP contribution in [0.4, 0.5) is 0 Å². The summed E-state index contributed by atoms with van der Waals surface area (Å²) in [4.78, 5) is 0. The lowest BCUT2D eigenvalue weighted by Gasteiger charge is -2.29. The van der Waals surface area contributed by atoms with Gasteiger partial charge in [0, 0.05) is 13.0 Å². The van der Waals surface area contributed by atoms with E-state index in [0.29, 0.717) is 19.8 Å². The van der Waals surface area contributed by atoms with Crippen LogP contribution in [0.5, 0.6) is 0 Å². The van der Waals surface area contributed by atoms with Gasteiger partial charge in [0.2, 0.25) is 0 Å². The van der Waals surface area contributed by atoms with Crippen LogP contribution in [0.2, 0.25) is 0 Å². The van der Waals surface area contributed by atoms with Crippen molar-refractivity contribution in [3.8, 4) is 0 Å². The van der Waals surface area contributed by atoms with Crippen molar-refractivity contribution in [2.24, 2.45) is 5.92 Å². The van der Waals surface area contributed by atoms with Gasteiger partial charge in [0.05, 0.1) is 25.9 Å². The highest BCUT2D eigenvalue weighted by molar-refractivity contribution is 5.13. The quantitative estimate of drug-likeness (QED) is 0.659. The topological polar surface area (TPSA) is 55.4 Å². The van der Waals surface area contributed by atoms with Gasteiger partial charge in [0.1, 0.15) is 6.10 Å². The number of hydrogen-bond donors (Lipinski definition) is 0. The van der Waals surface area contributed by atoms with Crippen LogP contribution in [0.25, 0.3) is 0 Å². The van der Waals surface area contributed by atoms with Gasteiger partial charge in [-0.3, -0.25) is 0 Å². The van der Waals surface area contributed by atoms with Crippen molar-refractivity contribution in [2.75, 3.05) is 20.3 Å². The molecule has 26 heavy (non-hydrogen) atoms. The summed E-state index contributed by atoms with van der Waals surface area (Å²) in [5.74, 6) is -1.29. The average Bonchev–Trinajstić information content (AvgIpc) is 3.06. The van der Waals surface area contributed by atoms with Gasteiger partial charge in [-0.25, -0.2) is 0 Å². The molecule has 0 aromatic heterocycles. The number of ether oxygens (including phenoxy) is 6. The smallest absolute Gasteiger partial charge is 0.188 e. The Bertz CT molecular complexity index is 573. The summed E-state index contributed by atoms with van der Waals surface area (Å²) in [6.07, 6.45) is -0.735.